The Morgan fingerprint density at radius 2 is 2.25 bits per heavy atom. The summed E-state index contributed by atoms with van der Waals surface area (Å²) in [5.74, 6) is 6.66. The van der Waals surface area contributed by atoms with Gasteiger partial charge in [-0.3, -0.25) is 4.79 Å². The number of aryl methyl sites for hydroxylation is 1. The van der Waals surface area contributed by atoms with Crippen LogP contribution in [-0.4, -0.2) is 30.5 Å². The summed E-state index contributed by atoms with van der Waals surface area (Å²) in [4.78, 5) is 12.3. The molecule has 4 heteroatoms. The van der Waals surface area contributed by atoms with Gasteiger partial charge in [0.15, 0.2) is 0 Å². The second-order valence-corrected chi connectivity index (χ2v) is 5.48. The van der Waals surface area contributed by atoms with E-state index in [4.69, 9.17) is 5.73 Å². The first-order chi connectivity index (χ1) is 9.62. The zero-order valence-electron chi connectivity index (χ0n) is 12.3. The number of carbonyl (C=O) groups is 1. The van der Waals surface area contributed by atoms with Crippen LogP contribution in [0.25, 0.3) is 0 Å². The van der Waals surface area contributed by atoms with Crippen molar-refractivity contribution in [1.29, 1.82) is 0 Å². The Hall–Kier alpha value is -1.44. The zero-order chi connectivity index (χ0) is 15.0. The van der Waals surface area contributed by atoms with Crippen molar-refractivity contribution >= 4 is 17.7 Å². The lowest BCUT2D eigenvalue weighted by Crippen LogP contribution is -2.36. The van der Waals surface area contributed by atoms with Crippen molar-refractivity contribution in [2.24, 2.45) is 5.73 Å². The maximum absolute atomic E-state index is 12.3. The summed E-state index contributed by atoms with van der Waals surface area (Å²) in [5, 5.41) is 3.08. The van der Waals surface area contributed by atoms with Gasteiger partial charge in [-0.05, 0) is 37.3 Å². The van der Waals surface area contributed by atoms with Crippen LogP contribution in [-0.2, 0) is 0 Å². The minimum absolute atomic E-state index is 0.0280. The molecule has 3 nitrogen and oxygen atoms in total. The van der Waals surface area contributed by atoms with Crippen molar-refractivity contribution in [2.45, 2.75) is 26.3 Å². The van der Waals surface area contributed by atoms with Gasteiger partial charge in [0.25, 0.3) is 5.91 Å². The summed E-state index contributed by atoms with van der Waals surface area (Å²) in [6.45, 7) is 4.34. The monoisotopic (exact) mass is 290 g/mol. The van der Waals surface area contributed by atoms with E-state index in [0.717, 1.165) is 23.3 Å². The standard InChI is InChI=1S/C16H22N2OS/c1-4-14(11-20-3)18-16(19)15-10-13(6-5-9-17)8-7-12(15)2/h7-8,10,14H,4,9,11,17H2,1-3H3,(H,18,19). The summed E-state index contributed by atoms with van der Waals surface area (Å²) >= 11 is 1.74. The van der Waals surface area contributed by atoms with Crippen molar-refractivity contribution in [2.75, 3.05) is 18.6 Å². The van der Waals surface area contributed by atoms with E-state index in [1.54, 1.807) is 11.8 Å². The zero-order valence-corrected chi connectivity index (χ0v) is 13.1. The van der Waals surface area contributed by atoms with Crippen LogP contribution in [0, 0.1) is 18.8 Å². The van der Waals surface area contributed by atoms with Crippen LogP contribution in [0.5, 0.6) is 0 Å². The van der Waals surface area contributed by atoms with Gasteiger partial charge in [-0.15, -0.1) is 0 Å². The molecule has 0 aromatic heterocycles. The van der Waals surface area contributed by atoms with Gasteiger partial charge in [0.1, 0.15) is 0 Å². The van der Waals surface area contributed by atoms with Gasteiger partial charge in [-0.25, -0.2) is 0 Å². The molecule has 0 aliphatic carbocycles. The molecule has 0 radical (unpaired) electrons. The predicted octanol–water partition coefficient (Wildman–Crippen LogP) is 2.18. The Labute approximate surface area is 125 Å². The van der Waals surface area contributed by atoms with Crippen molar-refractivity contribution < 1.29 is 4.79 Å². The third-order valence-electron chi connectivity index (χ3n) is 3.01. The highest BCUT2D eigenvalue weighted by atomic mass is 32.2. The minimum Gasteiger partial charge on any atom is -0.348 e. The number of thioether (sulfide) groups is 1. The summed E-state index contributed by atoms with van der Waals surface area (Å²) in [7, 11) is 0. The predicted molar refractivity (Wildman–Crippen MR) is 87.0 cm³/mol. The fourth-order valence-corrected chi connectivity index (χ4v) is 2.54. The molecule has 0 fully saturated rings. The van der Waals surface area contributed by atoms with Crippen molar-refractivity contribution in [3.05, 3.63) is 34.9 Å². The molecule has 0 bridgehead atoms. The van der Waals surface area contributed by atoms with E-state index in [-0.39, 0.29) is 11.9 Å². The number of rotatable bonds is 5. The fourth-order valence-electron chi connectivity index (χ4n) is 1.82. The number of nitrogens with one attached hydrogen (secondary N) is 1. The number of benzene rings is 1. The van der Waals surface area contributed by atoms with E-state index in [0.29, 0.717) is 12.1 Å². The van der Waals surface area contributed by atoms with Gasteiger partial charge in [0.05, 0.1) is 6.54 Å². The largest absolute Gasteiger partial charge is 0.348 e. The van der Waals surface area contributed by atoms with Crippen molar-refractivity contribution in [3.8, 4) is 11.8 Å². The van der Waals surface area contributed by atoms with Crippen LogP contribution in [0.15, 0.2) is 18.2 Å². The molecule has 20 heavy (non-hydrogen) atoms. The quantitative estimate of drug-likeness (QED) is 0.817. The first-order valence-electron chi connectivity index (χ1n) is 6.71. The van der Waals surface area contributed by atoms with E-state index < -0.39 is 0 Å². The average molecular weight is 290 g/mol. The molecule has 1 unspecified atom stereocenters. The molecule has 0 spiro atoms. The van der Waals surface area contributed by atoms with Crippen LogP contribution >= 0.6 is 11.8 Å². The lowest BCUT2D eigenvalue weighted by atomic mass is 10.0. The molecule has 3 N–H and O–H groups in total. The maximum Gasteiger partial charge on any atom is 0.251 e. The van der Waals surface area contributed by atoms with E-state index in [2.05, 4.69) is 24.1 Å². The molecule has 1 atom stereocenters. The highest BCUT2D eigenvalue weighted by Crippen LogP contribution is 2.12. The molecule has 0 aliphatic rings. The summed E-state index contributed by atoms with van der Waals surface area (Å²) in [6, 6.07) is 5.87. The Bertz CT molecular complexity index is 517. The molecule has 108 valence electrons. The Kier molecular flexibility index (Phi) is 7.21. The molecule has 0 saturated carbocycles. The first kappa shape index (κ1) is 16.6. The van der Waals surface area contributed by atoms with Gasteiger partial charge in [0.2, 0.25) is 0 Å². The van der Waals surface area contributed by atoms with Crippen LogP contribution in [0.2, 0.25) is 0 Å². The van der Waals surface area contributed by atoms with Gasteiger partial charge >= 0.3 is 0 Å². The Morgan fingerprint density at radius 1 is 1.50 bits per heavy atom. The fraction of sp³-hybridized carbons (Fsp3) is 0.438. The second kappa shape index (κ2) is 8.68. The average Bonchev–Trinajstić information content (AvgIpc) is 2.45. The van der Waals surface area contributed by atoms with E-state index in [1.165, 1.54) is 0 Å². The van der Waals surface area contributed by atoms with E-state index >= 15 is 0 Å². The topological polar surface area (TPSA) is 55.1 Å². The normalized spacial score (nSPS) is 11.4. The second-order valence-electron chi connectivity index (χ2n) is 4.57. The van der Waals surface area contributed by atoms with Crippen LogP contribution < -0.4 is 11.1 Å². The van der Waals surface area contributed by atoms with Crippen LogP contribution in [0.3, 0.4) is 0 Å². The smallest absolute Gasteiger partial charge is 0.251 e. The maximum atomic E-state index is 12.3. The van der Waals surface area contributed by atoms with Crippen molar-refractivity contribution in [3.63, 3.8) is 0 Å². The minimum atomic E-state index is -0.0280. The van der Waals surface area contributed by atoms with Gasteiger partial charge < -0.3 is 11.1 Å². The van der Waals surface area contributed by atoms with Gasteiger partial charge in [-0.2, -0.15) is 11.8 Å². The number of amides is 1. The molecule has 0 heterocycles. The van der Waals surface area contributed by atoms with E-state index in [1.807, 2.05) is 31.4 Å². The van der Waals surface area contributed by atoms with Crippen LogP contribution in [0.1, 0.15) is 34.8 Å². The highest BCUT2D eigenvalue weighted by molar-refractivity contribution is 7.98. The molecule has 0 aliphatic heterocycles. The van der Waals surface area contributed by atoms with Crippen LogP contribution in [0.4, 0.5) is 0 Å². The molecular formula is C16H22N2OS. The van der Waals surface area contributed by atoms with Gasteiger partial charge in [0, 0.05) is 22.9 Å². The lowest BCUT2D eigenvalue weighted by molar-refractivity contribution is 0.0939. The third-order valence-corrected chi connectivity index (χ3v) is 3.75. The summed E-state index contributed by atoms with van der Waals surface area (Å²) in [5.41, 5.74) is 7.84. The summed E-state index contributed by atoms with van der Waals surface area (Å²) < 4.78 is 0. The van der Waals surface area contributed by atoms with Gasteiger partial charge in [-0.1, -0.05) is 24.8 Å². The molecule has 1 aromatic rings. The number of nitrogens with two attached hydrogens (primary N) is 1. The number of carbonyl (C=O) groups excluding carboxylic acids is 1. The third kappa shape index (κ3) is 4.92. The molecule has 1 amide bonds. The molecule has 1 aromatic carbocycles. The lowest BCUT2D eigenvalue weighted by Gasteiger charge is -2.16. The van der Waals surface area contributed by atoms with E-state index in [9.17, 15) is 4.79 Å². The Balaban J connectivity index is 2.91. The molecular weight excluding hydrogens is 268 g/mol. The Morgan fingerprint density at radius 3 is 2.85 bits per heavy atom. The highest BCUT2D eigenvalue weighted by Gasteiger charge is 2.13. The van der Waals surface area contributed by atoms with Crippen molar-refractivity contribution in [1.82, 2.24) is 5.32 Å². The first-order valence-corrected chi connectivity index (χ1v) is 8.11. The molecule has 1 rings (SSSR count). The molecule has 0 saturated heterocycles. The summed E-state index contributed by atoms with van der Waals surface area (Å²) in [6.07, 6.45) is 2.97. The number of hydrogen-bond acceptors (Lipinski definition) is 3. The number of hydrogen-bond donors (Lipinski definition) is 2. The SMILES string of the molecule is CCC(CSC)NC(=O)c1cc(C#CCN)ccc1C.